The number of thioether (sulfide) groups is 1. The Bertz CT molecular complexity index is 880. The average molecular weight is 392 g/mol. The molecule has 0 radical (unpaired) electrons. The van der Waals surface area contributed by atoms with E-state index in [-0.39, 0.29) is 18.6 Å². The number of halogens is 2. The van der Waals surface area contributed by atoms with E-state index in [2.05, 4.69) is 15.0 Å². The standard InChI is InChI=1S/C18H18F2N4O2S/c1-25-12-6-22-16(23-7-12)15-4-10-8-27-17(21)24-18(10,9-26-15)13-3-2-11(19)5-14(13)20/h2-3,5-7,10,15H,4,8-9H2,1H3,(H2,21,24)/t10-,15+,18-/m0/s1. The summed E-state index contributed by atoms with van der Waals surface area (Å²) in [6.45, 7) is 0.113. The lowest BCUT2D eigenvalue weighted by Gasteiger charge is -2.45. The van der Waals surface area contributed by atoms with Crippen LogP contribution in [0.1, 0.15) is 23.9 Å². The van der Waals surface area contributed by atoms with Gasteiger partial charge in [0.1, 0.15) is 23.3 Å². The van der Waals surface area contributed by atoms with Crippen LogP contribution in [-0.2, 0) is 10.3 Å². The van der Waals surface area contributed by atoms with E-state index >= 15 is 0 Å². The van der Waals surface area contributed by atoms with Gasteiger partial charge >= 0.3 is 0 Å². The van der Waals surface area contributed by atoms with Crippen molar-refractivity contribution in [2.75, 3.05) is 19.5 Å². The van der Waals surface area contributed by atoms with E-state index in [1.165, 1.54) is 23.9 Å². The first-order chi connectivity index (χ1) is 13.0. The third kappa shape index (κ3) is 3.25. The molecule has 0 aliphatic carbocycles. The van der Waals surface area contributed by atoms with Crippen molar-refractivity contribution in [3.05, 3.63) is 53.6 Å². The van der Waals surface area contributed by atoms with Crippen LogP contribution in [0.2, 0.25) is 0 Å². The van der Waals surface area contributed by atoms with E-state index in [4.69, 9.17) is 15.2 Å². The van der Waals surface area contributed by atoms with Crippen molar-refractivity contribution >= 4 is 16.9 Å². The van der Waals surface area contributed by atoms with Gasteiger partial charge in [0.05, 0.1) is 26.1 Å². The zero-order valence-corrected chi connectivity index (χ0v) is 15.4. The summed E-state index contributed by atoms with van der Waals surface area (Å²) in [6, 6.07) is 3.53. The van der Waals surface area contributed by atoms with Gasteiger partial charge in [0.15, 0.2) is 16.7 Å². The van der Waals surface area contributed by atoms with Gasteiger partial charge in [0, 0.05) is 23.3 Å². The zero-order valence-electron chi connectivity index (χ0n) is 14.6. The van der Waals surface area contributed by atoms with E-state index in [0.717, 1.165) is 6.07 Å². The van der Waals surface area contributed by atoms with Crippen molar-refractivity contribution in [1.29, 1.82) is 0 Å². The van der Waals surface area contributed by atoms with E-state index < -0.39 is 17.2 Å². The molecule has 2 aliphatic rings. The predicted octanol–water partition coefficient (Wildman–Crippen LogP) is 2.80. The zero-order chi connectivity index (χ0) is 19.0. The van der Waals surface area contributed by atoms with Gasteiger partial charge in [0.25, 0.3) is 0 Å². The molecular formula is C18H18F2N4O2S. The number of fused-ring (bicyclic) bond motifs is 1. The maximum atomic E-state index is 14.6. The average Bonchev–Trinajstić information content (AvgIpc) is 2.67. The van der Waals surface area contributed by atoms with Crippen molar-refractivity contribution in [2.24, 2.45) is 16.6 Å². The summed E-state index contributed by atoms with van der Waals surface area (Å²) < 4.78 is 39.1. The van der Waals surface area contributed by atoms with Gasteiger partial charge in [-0.05, 0) is 12.5 Å². The summed E-state index contributed by atoms with van der Waals surface area (Å²) in [4.78, 5) is 13.2. The van der Waals surface area contributed by atoms with Crippen molar-refractivity contribution in [1.82, 2.24) is 9.97 Å². The maximum Gasteiger partial charge on any atom is 0.157 e. The maximum absolute atomic E-state index is 14.6. The minimum absolute atomic E-state index is 0.0563. The fraction of sp³-hybridized carbons (Fsp3) is 0.389. The number of ether oxygens (including phenoxy) is 2. The van der Waals surface area contributed by atoms with Crippen molar-refractivity contribution in [3.8, 4) is 5.75 Å². The second-order valence-electron chi connectivity index (χ2n) is 6.52. The highest BCUT2D eigenvalue weighted by Crippen LogP contribution is 2.49. The third-order valence-electron chi connectivity index (χ3n) is 4.99. The molecule has 6 nitrogen and oxygen atoms in total. The largest absolute Gasteiger partial charge is 0.494 e. The number of rotatable bonds is 3. The smallest absolute Gasteiger partial charge is 0.157 e. The topological polar surface area (TPSA) is 82.6 Å². The molecule has 3 heterocycles. The Labute approximate surface area is 159 Å². The van der Waals surface area contributed by atoms with Gasteiger partial charge in [-0.1, -0.05) is 17.8 Å². The molecule has 0 spiro atoms. The Kier molecular flexibility index (Phi) is 4.73. The first kappa shape index (κ1) is 18.1. The van der Waals surface area contributed by atoms with Crippen LogP contribution in [0.4, 0.5) is 8.78 Å². The number of nitrogens with two attached hydrogens (primary N) is 1. The van der Waals surface area contributed by atoms with E-state index in [1.807, 2.05) is 0 Å². The van der Waals surface area contributed by atoms with Crippen molar-refractivity contribution in [3.63, 3.8) is 0 Å². The van der Waals surface area contributed by atoms with E-state index in [9.17, 15) is 8.78 Å². The highest BCUT2D eigenvalue weighted by Gasteiger charge is 2.50. The molecule has 0 amide bonds. The van der Waals surface area contributed by atoms with Crippen LogP contribution in [0.3, 0.4) is 0 Å². The second kappa shape index (κ2) is 7.05. The molecule has 2 aromatic rings. The van der Waals surface area contributed by atoms with Gasteiger partial charge in [-0.25, -0.2) is 23.7 Å². The molecule has 2 N–H and O–H groups in total. The van der Waals surface area contributed by atoms with Crippen LogP contribution in [0.25, 0.3) is 0 Å². The van der Waals surface area contributed by atoms with Crippen molar-refractivity contribution in [2.45, 2.75) is 18.1 Å². The Hall–Kier alpha value is -2.26. The van der Waals surface area contributed by atoms with Gasteiger partial charge in [0.2, 0.25) is 0 Å². The first-order valence-electron chi connectivity index (χ1n) is 8.43. The molecule has 142 valence electrons. The summed E-state index contributed by atoms with van der Waals surface area (Å²) in [7, 11) is 1.54. The SMILES string of the molecule is COc1cnc([C@H]2C[C@H]3CSC(N)=N[C@@]3(c3ccc(F)cc3F)CO2)nc1. The van der Waals surface area contributed by atoms with Crippen LogP contribution >= 0.6 is 11.8 Å². The summed E-state index contributed by atoms with van der Waals surface area (Å²) in [6.07, 6.45) is 3.37. The highest BCUT2D eigenvalue weighted by molar-refractivity contribution is 8.13. The quantitative estimate of drug-likeness (QED) is 0.865. The summed E-state index contributed by atoms with van der Waals surface area (Å²) in [5.41, 5.74) is 5.27. The number of methoxy groups -OCH3 is 1. The molecular weight excluding hydrogens is 374 g/mol. The molecule has 1 aromatic carbocycles. The number of hydrogen-bond donors (Lipinski definition) is 1. The van der Waals surface area contributed by atoms with E-state index in [1.54, 1.807) is 19.5 Å². The summed E-state index contributed by atoms with van der Waals surface area (Å²) in [5, 5.41) is 0.373. The third-order valence-corrected chi connectivity index (χ3v) is 5.95. The molecule has 1 fully saturated rings. The number of aromatic nitrogens is 2. The molecule has 0 bridgehead atoms. The molecule has 4 rings (SSSR count). The first-order valence-corrected chi connectivity index (χ1v) is 9.41. The second-order valence-corrected chi connectivity index (χ2v) is 7.56. The van der Waals surface area contributed by atoms with Crippen LogP contribution < -0.4 is 10.5 Å². The summed E-state index contributed by atoms with van der Waals surface area (Å²) in [5.74, 6) is 0.416. The van der Waals surface area contributed by atoms with Crippen LogP contribution in [0.5, 0.6) is 5.75 Å². The molecule has 27 heavy (non-hydrogen) atoms. The van der Waals surface area contributed by atoms with Gasteiger partial charge < -0.3 is 15.2 Å². The van der Waals surface area contributed by atoms with Crippen LogP contribution in [0, 0.1) is 17.6 Å². The van der Waals surface area contributed by atoms with Gasteiger partial charge in [-0.2, -0.15) is 0 Å². The minimum Gasteiger partial charge on any atom is -0.494 e. The number of hydrogen-bond acceptors (Lipinski definition) is 7. The number of nitrogens with zero attached hydrogens (tertiary/aromatic N) is 3. The number of amidine groups is 1. The molecule has 2 aliphatic heterocycles. The fourth-order valence-electron chi connectivity index (χ4n) is 3.59. The molecule has 0 unspecified atom stereocenters. The summed E-state index contributed by atoms with van der Waals surface area (Å²) >= 11 is 1.42. The lowest BCUT2D eigenvalue weighted by molar-refractivity contribution is -0.0626. The molecule has 0 saturated carbocycles. The highest BCUT2D eigenvalue weighted by atomic mass is 32.2. The Balaban J connectivity index is 1.68. The number of aliphatic imine (C=N–C) groups is 1. The fourth-order valence-corrected chi connectivity index (χ4v) is 4.60. The van der Waals surface area contributed by atoms with Gasteiger partial charge in [-0.15, -0.1) is 0 Å². The minimum atomic E-state index is -0.976. The Morgan fingerprint density at radius 1 is 1.30 bits per heavy atom. The lowest BCUT2D eigenvalue weighted by atomic mass is 9.75. The molecule has 9 heteroatoms. The van der Waals surface area contributed by atoms with Gasteiger partial charge in [-0.3, -0.25) is 0 Å². The number of benzene rings is 1. The molecule has 3 atom stereocenters. The van der Waals surface area contributed by atoms with E-state index in [0.29, 0.717) is 34.5 Å². The molecule has 1 aromatic heterocycles. The van der Waals surface area contributed by atoms with Crippen molar-refractivity contribution < 1.29 is 18.3 Å². The molecule has 1 saturated heterocycles. The predicted molar refractivity (Wildman–Crippen MR) is 97.5 cm³/mol. The van der Waals surface area contributed by atoms with Crippen LogP contribution in [-0.4, -0.2) is 34.6 Å². The lowest BCUT2D eigenvalue weighted by Crippen LogP contribution is -2.48. The normalized spacial score (nSPS) is 27.6. The van der Waals surface area contributed by atoms with Crippen LogP contribution in [0.15, 0.2) is 35.6 Å². The Morgan fingerprint density at radius 3 is 2.78 bits per heavy atom. The monoisotopic (exact) mass is 392 g/mol. The Morgan fingerprint density at radius 2 is 2.07 bits per heavy atom.